The molecule has 1 saturated carbocycles. The average molecular weight is 152 g/mol. The van der Waals surface area contributed by atoms with Crippen molar-refractivity contribution >= 4 is 6.72 Å². The Morgan fingerprint density at radius 2 is 1.91 bits per heavy atom. The van der Waals surface area contributed by atoms with Gasteiger partial charge in [0.15, 0.2) is 0 Å². The minimum atomic E-state index is 0.666. The predicted molar refractivity (Wildman–Crippen MR) is 46.6 cm³/mol. The first-order valence-electron chi connectivity index (χ1n) is 4.56. The Bertz CT molecular complexity index is 161. The van der Waals surface area contributed by atoms with Crippen molar-refractivity contribution in [3.63, 3.8) is 0 Å². The summed E-state index contributed by atoms with van der Waals surface area (Å²) in [5.41, 5.74) is 0.666. The summed E-state index contributed by atoms with van der Waals surface area (Å²) in [5, 5.41) is 6.15. The Balaban J connectivity index is 1.97. The SMILES string of the molecule is C=NN1CCCC2(CCC2)C1. The number of rotatable bonds is 1. The fourth-order valence-corrected chi connectivity index (χ4v) is 2.39. The Labute approximate surface area is 68.3 Å². The Morgan fingerprint density at radius 3 is 2.45 bits per heavy atom. The molecule has 2 heteroatoms. The van der Waals surface area contributed by atoms with E-state index in [-0.39, 0.29) is 0 Å². The van der Waals surface area contributed by atoms with Crippen LogP contribution in [0.15, 0.2) is 5.10 Å². The maximum absolute atomic E-state index is 4.01. The molecule has 0 amide bonds. The molecule has 0 aromatic rings. The van der Waals surface area contributed by atoms with Crippen molar-refractivity contribution in [2.45, 2.75) is 32.1 Å². The molecule has 1 spiro atoms. The molecule has 2 aliphatic rings. The minimum Gasteiger partial charge on any atom is -0.297 e. The first-order valence-corrected chi connectivity index (χ1v) is 4.56. The third kappa shape index (κ3) is 1.15. The van der Waals surface area contributed by atoms with E-state index in [4.69, 9.17) is 0 Å². The van der Waals surface area contributed by atoms with Crippen LogP contribution in [0.5, 0.6) is 0 Å². The molecule has 0 N–H and O–H groups in total. The molecule has 2 nitrogen and oxygen atoms in total. The first kappa shape index (κ1) is 7.14. The van der Waals surface area contributed by atoms with Crippen molar-refractivity contribution in [2.24, 2.45) is 10.5 Å². The van der Waals surface area contributed by atoms with Crippen LogP contribution in [0.25, 0.3) is 0 Å². The number of piperidine rings is 1. The third-order valence-corrected chi connectivity index (χ3v) is 3.26. The molecular weight excluding hydrogens is 136 g/mol. The zero-order chi connectivity index (χ0) is 7.73. The molecule has 0 atom stereocenters. The lowest BCUT2D eigenvalue weighted by atomic mass is 9.65. The molecule has 2 rings (SSSR count). The summed E-state index contributed by atoms with van der Waals surface area (Å²) in [6.07, 6.45) is 7.04. The maximum atomic E-state index is 4.01. The monoisotopic (exact) mass is 152 g/mol. The van der Waals surface area contributed by atoms with E-state index in [1.807, 2.05) is 0 Å². The number of hydrazone groups is 1. The van der Waals surface area contributed by atoms with Crippen molar-refractivity contribution in [1.29, 1.82) is 0 Å². The topological polar surface area (TPSA) is 15.6 Å². The molecule has 1 heterocycles. The smallest absolute Gasteiger partial charge is 0.0416 e. The maximum Gasteiger partial charge on any atom is 0.0416 e. The van der Waals surface area contributed by atoms with Gasteiger partial charge in [0.2, 0.25) is 0 Å². The van der Waals surface area contributed by atoms with Gasteiger partial charge in [0, 0.05) is 19.8 Å². The summed E-state index contributed by atoms with van der Waals surface area (Å²) >= 11 is 0. The van der Waals surface area contributed by atoms with Gasteiger partial charge < -0.3 is 0 Å². The average Bonchev–Trinajstić information content (AvgIpc) is 2.02. The van der Waals surface area contributed by atoms with Crippen LogP contribution in [-0.4, -0.2) is 24.8 Å². The number of hydrogen-bond acceptors (Lipinski definition) is 2. The Kier molecular flexibility index (Phi) is 1.63. The molecular formula is C9H16N2. The molecule has 0 radical (unpaired) electrons. The van der Waals surface area contributed by atoms with E-state index in [9.17, 15) is 0 Å². The molecule has 62 valence electrons. The summed E-state index contributed by atoms with van der Waals surface area (Å²) in [6, 6.07) is 0. The molecule has 1 aliphatic heterocycles. The second-order valence-electron chi connectivity index (χ2n) is 3.99. The van der Waals surface area contributed by atoms with E-state index in [1.165, 1.54) is 38.6 Å². The van der Waals surface area contributed by atoms with Crippen LogP contribution in [0, 0.1) is 5.41 Å². The number of hydrogen-bond donors (Lipinski definition) is 0. The Hall–Kier alpha value is -0.530. The van der Waals surface area contributed by atoms with Gasteiger partial charge in [-0.15, -0.1) is 0 Å². The van der Waals surface area contributed by atoms with E-state index in [0.29, 0.717) is 5.41 Å². The van der Waals surface area contributed by atoms with Crippen molar-refractivity contribution in [1.82, 2.24) is 5.01 Å². The van der Waals surface area contributed by atoms with Crippen LogP contribution >= 0.6 is 0 Å². The van der Waals surface area contributed by atoms with Crippen molar-refractivity contribution in [2.75, 3.05) is 13.1 Å². The Morgan fingerprint density at radius 1 is 1.18 bits per heavy atom. The van der Waals surface area contributed by atoms with E-state index in [0.717, 1.165) is 6.54 Å². The molecule has 11 heavy (non-hydrogen) atoms. The van der Waals surface area contributed by atoms with Crippen LogP contribution in [0.4, 0.5) is 0 Å². The summed E-state index contributed by atoms with van der Waals surface area (Å²) in [7, 11) is 0. The summed E-state index contributed by atoms with van der Waals surface area (Å²) in [4.78, 5) is 0. The lowest BCUT2D eigenvalue weighted by Crippen LogP contribution is -2.44. The van der Waals surface area contributed by atoms with Gasteiger partial charge in [0.1, 0.15) is 0 Å². The predicted octanol–water partition coefficient (Wildman–Crippen LogP) is 1.87. The van der Waals surface area contributed by atoms with Crippen LogP contribution in [0.2, 0.25) is 0 Å². The number of nitrogens with zero attached hydrogens (tertiary/aromatic N) is 2. The minimum absolute atomic E-state index is 0.666. The second-order valence-corrected chi connectivity index (χ2v) is 3.99. The van der Waals surface area contributed by atoms with E-state index in [1.54, 1.807) is 0 Å². The molecule has 1 aliphatic carbocycles. The van der Waals surface area contributed by atoms with Gasteiger partial charge in [-0.25, -0.2) is 0 Å². The standard InChI is InChI=1S/C9H16N2/c1-10-11-7-3-6-9(8-11)4-2-5-9/h1-8H2. The lowest BCUT2D eigenvalue weighted by molar-refractivity contribution is 0.0222. The molecule has 0 aromatic carbocycles. The van der Waals surface area contributed by atoms with E-state index in [2.05, 4.69) is 16.8 Å². The van der Waals surface area contributed by atoms with Crippen molar-refractivity contribution in [3.05, 3.63) is 0 Å². The summed E-state index contributed by atoms with van der Waals surface area (Å²) < 4.78 is 0. The fourth-order valence-electron chi connectivity index (χ4n) is 2.39. The van der Waals surface area contributed by atoms with Gasteiger partial charge in [-0.2, -0.15) is 5.10 Å². The summed E-state index contributed by atoms with van der Waals surface area (Å²) in [5.74, 6) is 0. The van der Waals surface area contributed by atoms with E-state index >= 15 is 0 Å². The van der Waals surface area contributed by atoms with Crippen LogP contribution < -0.4 is 0 Å². The molecule has 0 aromatic heterocycles. The summed E-state index contributed by atoms with van der Waals surface area (Å²) in [6.45, 7) is 5.89. The molecule has 1 saturated heterocycles. The molecule has 0 bridgehead atoms. The lowest BCUT2D eigenvalue weighted by Gasteiger charge is -2.47. The van der Waals surface area contributed by atoms with Crippen molar-refractivity contribution < 1.29 is 0 Å². The van der Waals surface area contributed by atoms with Crippen molar-refractivity contribution in [3.8, 4) is 0 Å². The fraction of sp³-hybridized carbons (Fsp3) is 0.889. The highest BCUT2D eigenvalue weighted by Crippen LogP contribution is 2.47. The largest absolute Gasteiger partial charge is 0.297 e. The second kappa shape index (κ2) is 2.50. The third-order valence-electron chi connectivity index (χ3n) is 3.26. The zero-order valence-corrected chi connectivity index (χ0v) is 7.05. The van der Waals surface area contributed by atoms with Crippen LogP contribution in [-0.2, 0) is 0 Å². The van der Waals surface area contributed by atoms with Gasteiger partial charge >= 0.3 is 0 Å². The molecule has 0 unspecified atom stereocenters. The normalized spacial score (nSPS) is 28.2. The quantitative estimate of drug-likeness (QED) is 0.524. The highest BCUT2D eigenvalue weighted by atomic mass is 15.4. The van der Waals surface area contributed by atoms with Gasteiger partial charge in [0.25, 0.3) is 0 Å². The van der Waals surface area contributed by atoms with Gasteiger partial charge in [-0.3, -0.25) is 5.01 Å². The van der Waals surface area contributed by atoms with Gasteiger partial charge in [-0.05, 0) is 31.1 Å². The van der Waals surface area contributed by atoms with Gasteiger partial charge in [-0.1, -0.05) is 6.42 Å². The van der Waals surface area contributed by atoms with Crippen LogP contribution in [0.3, 0.4) is 0 Å². The first-order chi connectivity index (χ1) is 5.35. The molecule has 2 fully saturated rings. The van der Waals surface area contributed by atoms with Crippen LogP contribution in [0.1, 0.15) is 32.1 Å². The zero-order valence-electron chi connectivity index (χ0n) is 7.05. The highest BCUT2D eigenvalue weighted by molar-refractivity contribution is 5.22. The van der Waals surface area contributed by atoms with E-state index < -0.39 is 0 Å². The highest BCUT2D eigenvalue weighted by Gasteiger charge is 2.40. The van der Waals surface area contributed by atoms with Gasteiger partial charge in [0.05, 0.1) is 0 Å².